The minimum Gasteiger partial charge on any atom is -0.452 e. The molecule has 1 fully saturated rings. The quantitative estimate of drug-likeness (QED) is 0.559. The van der Waals surface area contributed by atoms with E-state index in [0.29, 0.717) is 17.8 Å². The van der Waals surface area contributed by atoms with E-state index in [0.717, 1.165) is 19.3 Å². The van der Waals surface area contributed by atoms with Crippen LogP contribution in [0.25, 0.3) is 0 Å². The molecule has 1 amide bonds. The van der Waals surface area contributed by atoms with Crippen molar-refractivity contribution in [3.63, 3.8) is 0 Å². The van der Waals surface area contributed by atoms with Gasteiger partial charge in [0.2, 0.25) is 0 Å². The summed E-state index contributed by atoms with van der Waals surface area (Å²) in [4.78, 5) is 37.1. The Morgan fingerprint density at radius 1 is 1.30 bits per heavy atom. The van der Waals surface area contributed by atoms with Crippen molar-refractivity contribution in [3.8, 4) is 0 Å². The van der Waals surface area contributed by atoms with E-state index in [9.17, 15) is 14.4 Å². The molecule has 0 saturated heterocycles. The smallest absolute Gasteiger partial charge is 0.414 e. The topological polar surface area (TPSA) is 63.7 Å². The van der Waals surface area contributed by atoms with Crippen molar-refractivity contribution in [2.75, 3.05) is 18.6 Å². The standard InChI is InChI=1S/C17H20ClNO4/c1-3-8-19(17(22)23-2)14-7-6-12(9-13(14)18)16(21)10-15(20)11-4-5-11/h6-7,9,11H,3-5,8,10H2,1-2H3. The molecule has 124 valence electrons. The van der Waals surface area contributed by atoms with Gasteiger partial charge in [-0.05, 0) is 37.5 Å². The number of ketones is 2. The van der Waals surface area contributed by atoms with Crippen LogP contribution in [0.2, 0.25) is 5.02 Å². The van der Waals surface area contributed by atoms with Gasteiger partial charge in [-0.1, -0.05) is 18.5 Å². The molecule has 1 aromatic rings. The number of amides is 1. The third-order valence-electron chi connectivity index (χ3n) is 3.77. The highest BCUT2D eigenvalue weighted by atomic mass is 35.5. The number of nitrogens with zero attached hydrogens (tertiary/aromatic N) is 1. The summed E-state index contributed by atoms with van der Waals surface area (Å²) in [7, 11) is 1.31. The molecule has 0 spiro atoms. The molecule has 23 heavy (non-hydrogen) atoms. The van der Waals surface area contributed by atoms with Gasteiger partial charge in [-0.15, -0.1) is 0 Å². The molecule has 1 aromatic carbocycles. The minimum atomic E-state index is -0.503. The van der Waals surface area contributed by atoms with E-state index in [1.165, 1.54) is 18.1 Å². The maximum absolute atomic E-state index is 12.2. The molecule has 0 aliphatic heterocycles. The summed E-state index contributed by atoms with van der Waals surface area (Å²) in [6.45, 7) is 2.39. The Bertz CT molecular complexity index is 625. The molecular formula is C17H20ClNO4. The number of Topliss-reactive ketones (excluding diaryl/α,β-unsaturated/α-hetero) is 2. The summed E-state index contributed by atoms with van der Waals surface area (Å²) in [5, 5.41) is 0.286. The van der Waals surface area contributed by atoms with Crippen LogP contribution in [0.3, 0.4) is 0 Å². The minimum absolute atomic E-state index is 0.00244. The predicted octanol–water partition coefficient (Wildman–Crippen LogP) is 3.87. The normalized spacial score (nSPS) is 13.5. The first-order valence-electron chi connectivity index (χ1n) is 7.68. The maximum Gasteiger partial charge on any atom is 0.414 e. The van der Waals surface area contributed by atoms with Gasteiger partial charge in [0, 0.05) is 18.0 Å². The summed E-state index contributed by atoms with van der Waals surface area (Å²) in [6.07, 6.45) is 1.92. The fourth-order valence-electron chi connectivity index (χ4n) is 2.35. The third-order valence-corrected chi connectivity index (χ3v) is 4.07. The molecule has 6 heteroatoms. The zero-order chi connectivity index (χ0) is 17.0. The number of hydrogen-bond acceptors (Lipinski definition) is 4. The second-order valence-electron chi connectivity index (χ2n) is 5.63. The molecule has 5 nitrogen and oxygen atoms in total. The highest BCUT2D eigenvalue weighted by Crippen LogP contribution is 2.32. The van der Waals surface area contributed by atoms with Gasteiger partial charge in [-0.25, -0.2) is 4.79 Å². The van der Waals surface area contributed by atoms with Gasteiger partial charge in [-0.2, -0.15) is 0 Å². The average Bonchev–Trinajstić information content (AvgIpc) is 3.37. The van der Waals surface area contributed by atoms with Crippen LogP contribution in [0.15, 0.2) is 18.2 Å². The number of methoxy groups -OCH3 is 1. The lowest BCUT2D eigenvalue weighted by Gasteiger charge is -2.22. The highest BCUT2D eigenvalue weighted by Gasteiger charge is 2.31. The van der Waals surface area contributed by atoms with Crippen LogP contribution in [-0.2, 0) is 9.53 Å². The Kier molecular flexibility index (Phi) is 5.77. The number of hydrogen-bond donors (Lipinski definition) is 0. The van der Waals surface area contributed by atoms with Gasteiger partial charge in [0.05, 0.1) is 24.2 Å². The van der Waals surface area contributed by atoms with E-state index in [-0.39, 0.29) is 28.9 Å². The molecule has 0 N–H and O–H groups in total. The van der Waals surface area contributed by atoms with E-state index in [1.54, 1.807) is 12.1 Å². The highest BCUT2D eigenvalue weighted by molar-refractivity contribution is 6.34. The van der Waals surface area contributed by atoms with Crippen LogP contribution < -0.4 is 4.90 Å². The summed E-state index contributed by atoms with van der Waals surface area (Å²) >= 11 is 6.23. The second kappa shape index (κ2) is 7.59. The van der Waals surface area contributed by atoms with Crippen molar-refractivity contribution in [2.24, 2.45) is 5.92 Å². The Morgan fingerprint density at radius 2 is 2.00 bits per heavy atom. The lowest BCUT2D eigenvalue weighted by atomic mass is 10.0. The number of halogens is 1. The van der Waals surface area contributed by atoms with E-state index in [1.807, 2.05) is 6.92 Å². The van der Waals surface area contributed by atoms with E-state index < -0.39 is 6.09 Å². The largest absolute Gasteiger partial charge is 0.452 e. The molecule has 0 bridgehead atoms. The van der Waals surface area contributed by atoms with Gasteiger partial charge in [0.15, 0.2) is 5.78 Å². The van der Waals surface area contributed by atoms with Crippen LogP contribution in [0.4, 0.5) is 10.5 Å². The monoisotopic (exact) mass is 337 g/mol. The molecule has 0 heterocycles. The summed E-state index contributed by atoms with van der Waals surface area (Å²) < 4.78 is 4.75. The van der Waals surface area contributed by atoms with Crippen molar-refractivity contribution in [3.05, 3.63) is 28.8 Å². The van der Waals surface area contributed by atoms with Crippen molar-refractivity contribution in [1.82, 2.24) is 0 Å². The van der Waals surface area contributed by atoms with Gasteiger partial charge < -0.3 is 4.74 Å². The number of carbonyl (C=O) groups is 3. The average molecular weight is 338 g/mol. The Hall–Kier alpha value is -1.88. The zero-order valence-electron chi connectivity index (χ0n) is 13.3. The molecule has 0 atom stereocenters. The SMILES string of the molecule is CCCN(C(=O)OC)c1ccc(C(=O)CC(=O)C2CC2)cc1Cl. The van der Waals surface area contributed by atoms with Crippen molar-refractivity contribution < 1.29 is 19.1 Å². The molecule has 1 saturated carbocycles. The van der Waals surface area contributed by atoms with Crippen LogP contribution >= 0.6 is 11.6 Å². The van der Waals surface area contributed by atoms with E-state index >= 15 is 0 Å². The molecule has 0 unspecified atom stereocenters. The fraction of sp³-hybridized carbons (Fsp3) is 0.471. The predicted molar refractivity (Wildman–Crippen MR) is 88.2 cm³/mol. The first-order valence-corrected chi connectivity index (χ1v) is 8.06. The first-order chi connectivity index (χ1) is 11.0. The Morgan fingerprint density at radius 3 is 2.52 bits per heavy atom. The molecular weight excluding hydrogens is 318 g/mol. The number of rotatable bonds is 7. The Balaban J connectivity index is 2.16. The van der Waals surface area contributed by atoms with Crippen molar-refractivity contribution in [2.45, 2.75) is 32.6 Å². The fourth-order valence-corrected chi connectivity index (χ4v) is 2.64. The summed E-state index contributed by atoms with van der Waals surface area (Å²) in [5.41, 5.74) is 0.875. The van der Waals surface area contributed by atoms with Crippen LogP contribution in [0.5, 0.6) is 0 Å². The molecule has 0 radical (unpaired) electrons. The van der Waals surface area contributed by atoms with Crippen LogP contribution in [0, 0.1) is 5.92 Å². The lowest BCUT2D eigenvalue weighted by molar-refractivity contribution is -0.119. The lowest BCUT2D eigenvalue weighted by Crippen LogP contribution is -2.31. The van der Waals surface area contributed by atoms with Crippen LogP contribution in [-0.4, -0.2) is 31.3 Å². The molecule has 0 aromatic heterocycles. The van der Waals surface area contributed by atoms with Crippen molar-refractivity contribution >= 4 is 34.9 Å². The Labute approximate surface area is 140 Å². The maximum atomic E-state index is 12.2. The van der Waals surface area contributed by atoms with Crippen LogP contribution in [0.1, 0.15) is 43.0 Å². The first kappa shape index (κ1) is 17.5. The second-order valence-corrected chi connectivity index (χ2v) is 6.04. The summed E-state index contributed by atoms with van der Waals surface area (Å²) in [5.74, 6) is -0.180. The molecule has 1 aliphatic rings. The van der Waals surface area contributed by atoms with Crippen molar-refractivity contribution in [1.29, 1.82) is 0 Å². The summed E-state index contributed by atoms with van der Waals surface area (Å²) in [6, 6.07) is 4.71. The number of ether oxygens (including phenoxy) is 1. The van der Waals surface area contributed by atoms with Gasteiger partial charge in [0.25, 0.3) is 0 Å². The van der Waals surface area contributed by atoms with E-state index in [2.05, 4.69) is 0 Å². The number of benzene rings is 1. The van der Waals surface area contributed by atoms with Gasteiger partial charge in [-0.3, -0.25) is 14.5 Å². The zero-order valence-corrected chi connectivity index (χ0v) is 14.1. The van der Waals surface area contributed by atoms with Gasteiger partial charge >= 0.3 is 6.09 Å². The number of carbonyl (C=O) groups excluding carboxylic acids is 3. The number of anilines is 1. The van der Waals surface area contributed by atoms with E-state index in [4.69, 9.17) is 16.3 Å². The molecule has 2 rings (SSSR count). The third kappa shape index (κ3) is 4.32. The van der Waals surface area contributed by atoms with Gasteiger partial charge in [0.1, 0.15) is 5.78 Å². The molecule has 1 aliphatic carbocycles.